The first-order valence-electron chi connectivity index (χ1n) is 7.09. The maximum absolute atomic E-state index is 13.7. The zero-order chi connectivity index (χ0) is 13.5. The van der Waals surface area contributed by atoms with Gasteiger partial charge in [-0.2, -0.15) is 0 Å². The van der Waals surface area contributed by atoms with Crippen molar-refractivity contribution in [2.24, 2.45) is 0 Å². The number of piperazine rings is 1. The number of halogens is 2. The lowest BCUT2D eigenvalue weighted by Gasteiger charge is -2.36. The molecule has 0 aliphatic carbocycles. The van der Waals surface area contributed by atoms with Crippen molar-refractivity contribution in [2.75, 3.05) is 43.0 Å². The fourth-order valence-electron chi connectivity index (χ4n) is 2.53. The van der Waals surface area contributed by atoms with E-state index in [2.05, 4.69) is 25.7 Å². The molecule has 2 rings (SSSR count). The van der Waals surface area contributed by atoms with Crippen molar-refractivity contribution in [2.45, 2.75) is 19.3 Å². The summed E-state index contributed by atoms with van der Waals surface area (Å²) in [6.45, 7) is 5.13. The first-order chi connectivity index (χ1) is 9.31. The Morgan fingerprint density at radius 2 is 1.74 bits per heavy atom. The van der Waals surface area contributed by atoms with E-state index >= 15 is 0 Å². The zero-order valence-corrected chi connectivity index (χ0v) is 12.9. The van der Waals surface area contributed by atoms with E-state index in [1.807, 2.05) is 12.1 Å². The summed E-state index contributed by atoms with van der Waals surface area (Å²) in [5.74, 6) is -0.103. The molecule has 0 radical (unpaired) electrons. The molecule has 0 N–H and O–H groups in total. The van der Waals surface area contributed by atoms with Crippen LogP contribution in [0.3, 0.4) is 0 Å². The Morgan fingerprint density at radius 1 is 1.00 bits per heavy atom. The van der Waals surface area contributed by atoms with Crippen molar-refractivity contribution in [3.05, 3.63) is 30.1 Å². The molecular formula is C15H22BrFN2. The summed E-state index contributed by atoms with van der Waals surface area (Å²) in [4.78, 5) is 4.65. The van der Waals surface area contributed by atoms with Gasteiger partial charge in [0.05, 0.1) is 5.69 Å². The number of rotatable bonds is 6. The second kappa shape index (κ2) is 7.85. The van der Waals surface area contributed by atoms with Gasteiger partial charge in [-0.15, -0.1) is 0 Å². The summed E-state index contributed by atoms with van der Waals surface area (Å²) in [6.07, 6.45) is 3.82. The van der Waals surface area contributed by atoms with Crippen LogP contribution in [0.5, 0.6) is 0 Å². The van der Waals surface area contributed by atoms with E-state index in [4.69, 9.17) is 0 Å². The van der Waals surface area contributed by atoms with Gasteiger partial charge in [0.25, 0.3) is 0 Å². The van der Waals surface area contributed by atoms with Gasteiger partial charge in [0.1, 0.15) is 5.82 Å². The second-order valence-electron chi connectivity index (χ2n) is 5.03. The highest BCUT2D eigenvalue weighted by Crippen LogP contribution is 2.20. The van der Waals surface area contributed by atoms with Gasteiger partial charge in [0.15, 0.2) is 0 Å². The van der Waals surface area contributed by atoms with Crippen molar-refractivity contribution in [1.82, 2.24) is 4.90 Å². The van der Waals surface area contributed by atoms with Gasteiger partial charge in [0, 0.05) is 31.5 Å². The minimum Gasteiger partial charge on any atom is -0.367 e. The van der Waals surface area contributed by atoms with Crippen molar-refractivity contribution in [1.29, 1.82) is 0 Å². The van der Waals surface area contributed by atoms with E-state index in [1.165, 1.54) is 25.8 Å². The first kappa shape index (κ1) is 14.8. The van der Waals surface area contributed by atoms with Crippen molar-refractivity contribution < 1.29 is 4.39 Å². The fourth-order valence-corrected chi connectivity index (χ4v) is 2.92. The van der Waals surface area contributed by atoms with E-state index in [0.717, 1.165) is 37.2 Å². The SMILES string of the molecule is Fc1ccccc1N1CCN(CCCCCBr)CC1. The molecule has 0 saturated carbocycles. The predicted octanol–water partition coefficient (Wildman–Crippen LogP) is 3.51. The monoisotopic (exact) mass is 328 g/mol. The summed E-state index contributed by atoms with van der Waals surface area (Å²) in [5.41, 5.74) is 0.751. The van der Waals surface area contributed by atoms with Crippen molar-refractivity contribution in [3.8, 4) is 0 Å². The number of hydrogen-bond donors (Lipinski definition) is 0. The van der Waals surface area contributed by atoms with Crippen LogP contribution in [0.2, 0.25) is 0 Å². The van der Waals surface area contributed by atoms with Crippen molar-refractivity contribution in [3.63, 3.8) is 0 Å². The lowest BCUT2D eigenvalue weighted by Crippen LogP contribution is -2.46. The number of nitrogens with zero attached hydrogens (tertiary/aromatic N) is 2. The largest absolute Gasteiger partial charge is 0.367 e. The highest BCUT2D eigenvalue weighted by molar-refractivity contribution is 9.09. The summed E-state index contributed by atoms with van der Waals surface area (Å²) >= 11 is 3.46. The molecule has 1 saturated heterocycles. The van der Waals surface area contributed by atoms with Gasteiger partial charge in [-0.3, -0.25) is 4.90 Å². The number of hydrogen-bond acceptors (Lipinski definition) is 2. The van der Waals surface area contributed by atoms with Gasteiger partial charge in [-0.05, 0) is 31.5 Å². The Kier molecular flexibility index (Phi) is 6.11. The third kappa shape index (κ3) is 4.46. The maximum atomic E-state index is 13.7. The van der Waals surface area contributed by atoms with Gasteiger partial charge in [-0.1, -0.05) is 34.5 Å². The molecule has 106 valence electrons. The van der Waals surface area contributed by atoms with Gasteiger partial charge in [-0.25, -0.2) is 4.39 Å². The quantitative estimate of drug-likeness (QED) is 0.582. The standard InChI is InChI=1S/C15H22BrFN2/c16-8-4-1-5-9-18-10-12-19(13-11-18)15-7-3-2-6-14(15)17/h2-3,6-7H,1,4-5,8-13H2. The summed E-state index contributed by atoms with van der Waals surface area (Å²) < 4.78 is 13.7. The minimum atomic E-state index is -0.103. The van der Waals surface area contributed by atoms with Crippen LogP contribution < -0.4 is 4.90 Å². The minimum absolute atomic E-state index is 0.103. The molecule has 2 nitrogen and oxygen atoms in total. The highest BCUT2D eigenvalue weighted by atomic mass is 79.9. The summed E-state index contributed by atoms with van der Waals surface area (Å²) in [7, 11) is 0. The molecular weight excluding hydrogens is 307 g/mol. The Bertz CT molecular complexity index is 378. The van der Waals surface area contributed by atoms with Crippen molar-refractivity contribution >= 4 is 21.6 Å². The van der Waals surface area contributed by atoms with Crippen LogP contribution >= 0.6 is 15.9 Å². The number of para-hydroxylation sites is 1. The Morgan fingerprint density at radius 3 is 2.42 bits per heavy atom. The van der Waals surface area contributed by atoms with Crippen LogP contribution in [0, 0.1) is 5.82 Å². The molecule has 19 heavy (non-hydrogen) atoms. The second-order valence-corrected chi connectivity index (χ2v) is 5.82. The molecule has 1 aliphatic heterocycles. The van der Waals surface area contributed by atoms with Crippen LogP contribution in [-0.2, 0) is 0 Å². The van der Waals surface area contributed by atoms with Crippen LogP contribution in [-0.4, -0.2) is 43.0 Å². The van der Waals surface area contributed by atoms with E-state index < -0.39 is 0 Å². The molecule has 0 spiro atoms. The third-order valence-corrected chi connectivity index (χ3v) is 4.23. The van der Waals surface area contributed by atoms with E-state index in [0.29, 0.717) is 0 Å². The lowest BCUT2D eigenvalue weighted by atomic mass is 10.2. The van der Waals surface area contributed by atoms with Gasteiger partial charge < -0.3 is 4.90 Å². The third-order valence-electron chi connectivity index (χ3n) is 3.67. The van der Waals surface area contributed by atoms with Gasteiger partial charge >= 0.3 is 0 Å². The molecule has 1 aliphatic rings. The fraction of sp³-hybridized carbons (Fsp3) is 0.600. The molecule has 0 amide bonds. The normalized spacial score (nSPS) is 16.8. The van der Waals surface area contributed by atoms with E-state index in [9.17, 15) is 4.39 Å². The van der Waals surface area contributed by atoms with Gasteiger partial charge in [0.2, 0.25) is 0 Å². The molecule has 1 aromatic carbocycles. The number of alkyl halides is 1. The number of unbranched alkanes of at least 4 members (excludes halogenated alkanes) is 2. The topological polar surface area (TPSA) is 6.48 Å². The zero-order valence-electron chi connectivity index (χ0n) is 11.3. The Hall–Kier alpha value is -0.610. The van der Waals surface area contributed by atoms with E-state index in [-0.39, 0.29) is 5.82 Å². The Balaban J connectivity index is 1.75. The predicted molar refractivity (Wildman–Crippen MR) is 82.7 cm³/mol. The molecule has 0 aromatic heterocycles. The molecule has 1 heterocycles. The highest BCUT2D eigenvalue weighted by Gasteiger charge is 2.18. The van der Waals surface area contributed by atoms with E-state index in [1.54, 1.807) is 12.1 Å². The van der Waals surface area contributed by atoms with Crippen LogP contribution in [0.25, 0.3) is 0 Å². The average Bonchev–Trinajstić information content (AvgIpc) is 2.45. The lowest BCUT2D eigenvalue weighted by molar-refractivity contribution is 0.252. The Labute approximate surface area is 123 Å². The molecule has 0 atom stereocenters. The molecule has 0 bridgehead atoms. The molecule has 0 unspecified atom stereocenters. The molecule has 1 aromatic rings. The summed E-state index contributed by atoms with van der Waals surface area (Å²) in [6, 6.07) is 7.08. The summed E-state index contributed by atoms with van der Waals surface area (Å²) in [5, 5.41) is 1.11. The van der Waals surface area contributed by atoms with Crippen LogP contribution in [0.4, 0.5) is 10.1 Å². The number of anilines is 1. The maximum Gasteiger partial charge on any atom is 0.146 e. The average molecular weight is 329 g/mol. The van der Waals surface area contributed by atoms with Crippen LogP contribution in [0.15, 0.2) is 24.3 Å². The first-order valence-corrected chi connectivity index (χ1v) is 8.21. The smallest absolute Gasteiger partial charge is 0.146 e. The molecule has 4 heteroatoms. The molecule has 1 fully saturated rings. The number of benzene rings is 1. The van der Waals surface area contributed by atoms with Crippen LogP contribution in [0.1, 0.15) is 19.3 Å².